The van der Waals surface area contributed by atoms with Crippen molar-refractivity contribution in [3.63, 3.8) is 0 Å². The van der Waals surface area contributed by atoms with Crippen LogP contribution in [0.4, 0.5) is 27.4 Å². The van der Waals surface area contributed by atoms with E-state index in [1.807, 2.05) is 0 Å². The Kier molecular flexibility index (Phi) is 5.36. The summed E-state index contributed by atoms with van der Waals surface area (Å²) in [5.74, 6) is -0.906. The number of hydrogen-bond donors (Lipinski definition) is 3. The lowest BCUT2D eigenvalue weighted by molar-refractivity contribution is -0.114. The number of amides is 2. The zero-order valence-corrected chi connectivity index (χ0v) is 14.4. The maximum atomic E-state index is 13.2. The molecule has 1 aromatic heterocycles. The molecular formula is C19H16FN5O2. The number of aromatic nitrogens is 2. The normalized spacial score (nSPS) is 10.1. The van der Waals surface area contributed by atoms with Gasteiger partial charge in [0.2, 0.25) is 11.9 Å². The van der Waals surface area contributed by atoms with E-state index >= 15 is 0 Å². The Morgan fingerprint density at radius 1 is 0.926 bits per heavy atom. The molecule has 0 radical (unpaired) electrons. The fourth-order valence-corrected chi connectivity index (χ4v) is 2.31. The van der Waals surface area contributed by atoms with E-state index in [-0.39, 0.29) is 17.5 Å². The Morgan fingerprint density at radius 2 is 1.63 bits per heavy atom. The van der Waals surface area contributed by atoms with E-state index in [2.05, 4.69) is 25.9 Å². The third-order valence-electron chi connectivity index (χ3n) is 3.41. The molecule has 3 rings (SSSR count). The van der Waals surface area contributed by atoms with Gasteiger partial charge in [-0.2, -0.15) is 0 Å². The summed E-state index contributed by atoms with van der Waals surface area (Å²) in [6, 6.07) is 14.0. The SMILES string of the molecule is CC(=O)Nc1cccc(Nc2nccc(C(=O)Nc3cccc(F)c3)n2)c1. The first-order chi connectivity index (χ1) is 13.0. The molecule has 0 atom stereocenters. The molecule has 0 saturated heterocycles. The van der Waals surface area contributed by atoms with Crippen molar-refractivity contribution in [3.05, 3.63) is 72.3 Å². The Morgan fingerprint density at radius 3 is 2.37 bits per heavy atom. The van der Waals surface area contributed by atoms with Crippen molar-refractivity contribution >= 4 is 34.8 Å². The van der Waals surface area contributed by atoms with Crippen LogP contribution in [0.25, 0.3) is 0 Å². The van der Waals surface area contributed by atoms with E-state index in [4.69, 9.17) is 0 Å². The molecule has 3 N–H and O–H groups in total. The van der Waals surface area contributed by atoms with Gasteiger partial charge in [-0.1, -0.05) is 12.1 Å². The van der Waals surface area contributed by atoms with Crippen molar-refractivity contribution in [2.24, 2.45) is 0 Å². The second kappa shape index (κ2) is 8.05. The van der Waals surface area contributed by atoms with Crippen LogP contribution in [0.15, 0.2) is 60.8 Å². The summed E-state index contributed by atoms with van der Waals surface area (Å²) < 4.78 is 13.2. The number of anilines is 4. The van der Waals surface area contributed by atoms with Crippen molar-refractivity contribution in [2.45, 2.75) is 6.92 Å². The van der Waals surface area contributed by atoms with Gasteiger partial charge in [0.1, 0.15) is 11.5 Å². The van der Waals surface area contributed by atoms with E-state index in [1.54, 1.807) is 30.3 Å². The minimum Gasteiger partial charge on any atom is -0.326 e. The van der Waals surface area contributed by atoms with Gasteiger partial charge in [-0.25, -0.2) is 14.4 Å². The number of carbonyl (C=O) groups is 2. The number of benzene rings is 2. The van der Waals surface area contributed by atoms with Gasteiger partial charge in [0.15, 0.2) is 0 Å². The van der Waals surface area contributed by atoms with Gasteiger partial charge >= 0.3 is 0 Å². The van der Waals surface area contributed by atoms with E-state index in [0.717, 1.165) is 0 Å². The maximum Gasteiger partial charge on any atom is 0.274 e. The molecule has 27 heavy (non-hydrogen) atoms. The highest BCUT2D eigenvalue weighted by Crippen LogP contribution is 2.18. The quantitative estimate of drug-likeness (QED) is 0.642. The largest absolute Gasteiger partial charge is 0.326 e. The minimum atomic E-state index is -0.488. The van der Waals surface area contributed by atoms with Crippen LogP contribution in [0.2, 0.25) is 0 Å². The molecule has 7 nitrogen and oxygen atoms in total. The van der Waals surface area contributed by atoms with Crippen LogP contribution in [0.3, 0.4) is 0 Å². The van der Waals surface area contributed by atoms with Crippen LogP contribution in [0, 0.1) is 5.82 Å². The number of nitrogens with one attached hydrogen (secondary N) is 3. The summed E-state index contributed by atoms with van der Waals surface area (Å²) in [4.78, 5) is 31.7. The Bertz CT molecular complexity index is 993. The average Bonchev–Trinajstić information content (AvgIpc) is 2.62. The fraction of sp³-hybridized carbons (Fsp3) is 0.0526. The van der Waals surface area contributed by atoms with Gasteiger partial charge in [-0.05, 0) is 42.5 Å². The van der Waals surface area contributed by atoms with E-state index in [0.29, 0.717) is 17.1 Å². The van der Waals surface area contributed by atoms with E-state index in [9.17, 15) is 14.0 Å². The molecule has 136 valence electrons. The van der Waals surface area contributed by atoms with Gasteiger partial charge in [0, 0.05) is 30.2 Å². The van der Waals surface area contributed by atoms with Crippen LogP contribution in [0.1, 0.15) is 17.4 Å². The van der Waals surface area contributed by atoms with E-state index < -0.39 is 11.7 Å². The first kappa shape index (κ1) is 18.0. The lowest BCUT2D eigenvalue weighted by Gasteiger charge is -2.09. The molecule has 2 aromatic carbocycles. The third-order valence-corrected chi connectivity index (χ3v) is 3.41. The molecule has 0 saturated carbocycles. The molecular weight excluding hydrogens is 349 g/mol. The molecule has 2 amide bonds. The molecule has 0 spiro atoms. The van der Waals surface area contributed by atoms with Gasteiger partial charge in [-0.15, -0.1) is 0 Å². The van der Waals surface area contributed by atoms with Crippen LogP contribution in [0.5, 0.6) is 0 Å². The van der Waals surface area contributed by atoms with Gasteiger partial charge in [-0.3, -0.25) is 9.59 Å². The molecule has 0 fully saturated rings. The van der Waals surface area contributed by atoms with Crippen molar-refractivity contribution < 1.29 is 14.0 Å². The first-order valence-electron chi connectivity index (χ1n) is 8.04. The summed E-state index contributed by atoms with van der Waals surface area (Å²) >= 11 is 0. The summed E-state index contributed by atoms with van der Waals surface area (Å²) in [7, 11) is 0. The minimum absolute atomic E-state index is 0.120. The molecule has 0 unspecified atom stereocenters. The molecule has 0 bridgehead atoms. The number of rotatable bonds is 5. The topological polar surface area (TPSA) is 96.0 Å². The van der Waals surface area contributed by atoms with Crippen LogP contribution >= 0.6 is 0 Å². The number of carbonyl (C=O) groups excluding carboxylic acids is 2. The monoisotopic (exact) mass is 365 g/mol. The molecule has 1 heterocycles. The predicted octanol–water partition coefficient (Wildman–Crippen LogP) is 3.57. The third kappa shape index (κ3) is 5.08. The van der Waals surface area contributed by atoms with Gasteiger partial charge in [0.25, 0.3) is 5.91 Å². The lowest BCUT2D eigenvalue weighted by Crippen LogP contribution is -2.15. The summed E-state index contributed by atoms with van der Waals surface area (Å²) in [6.45, 7) is 1.42. The van der Waals surface area contributed by atoms with Crippen molar-refractivity contribution in [3.8, 4) is 0 Å². The fourth-order valence-electron chi connectivity index (χ4n) is 2.31. The van der Waals surface area contributed by atoms with Crippen molar-refractivity contribution in [1.82, 2.24) is 9.97 Å². The molecule has 3 aromatic rings. The smallest absolute Gasteiger partial charge is 0.274 e. The maximum absolute atomic E-state index is 13.2. The molecule has 0 aliphatic rings. The lowest BCUT2D eigenvalue weighted by atomic mass is 10.2. The second-order valence-corrected chi connectivity index (χ2v) is 5.62. The standard InChI is InChI=1S/C19H16FN5O2/c1-12(26)22-15-6-3-7-16(11-15)24-19-21-9-8-17(25-19)18(27)23-14-5-2-4-13(20)10-14/h2-11H,1H3,(H,22,26)(H,23,27)(H,21,24,25). The Hall–Kier alpha value is -3.81. The summed E-state index contributed by atoms with van der Waals surface area (Å²) in [5.41, 5.74) is 1.71. The Balaban J connectivity index is 1.73. The average molecular weight is 365 g/mol. The first-order valence-corrected chi connectivity index (χ1v) is 8.04. The van der Waals surface area contributed by atoms with Crippen LogP contribution < -0.4 is 16.0 Å². The Labute approximate surface area is 154 Å². The molecule has 0 aliphatic heterocycles. The molecule has 8 heteroatoms. The zero-order valence-electron chi connectivity index (χ0n) is 14.4. The number of nitrogens with zero attached hydrogens (tertiary/aromatic N) is 2. The summed E-state index contributed by atoms with van der Waals surface area (Å²) in [5, 5.41) is 8.23. The van der Waals surface area contributed by atoms with Crippen molar-refractivity contribution in [1.29, 1.82) is 0 Å². The highest BCUT2D eigenvalue weighted by molar-refractivity contribution is 6.03. The highest BCUT2D eigenvalue weighted by Gasteiger charge is 2.10. The van der Waals surface area contributed by atoms with E-state index in [1.165, 1.54) is 37.4 Å². The van der Waals surface area contributed by atoms with Crippen LogP contribution in [-0.4, -0.2) is 21.8 Å². The molecule has 0 aliphatic carbocycles. The summed E-state index contributed by atoms with van der Waals surface area (Å²) in [6.07, 6.45) is 1.44. The van der Waals surface area contributed by atoms with Crippen molar-refractivity contribution in [2.75, 3.05) is 16.0 Å². The van der Waals surface area contributed by atoms with Gasteiger partial charge < -0.3 is 16.0 Å². The highest BCUT2D eigenvalue weighted by atomic mass is 19.1. The number of halogens is 1. The van der Waals surface area contributed by atoms with Crippen LogP contribution in [-0.2, 0) is 4.79 Å². The van der Waals surface area contributed by atoms with Gasteiger partial charge in [0.05, 0.1) is 0 Å². The second-order valence-electron chi connectivity index (χ2n) is 5.62. The predicted molar refractivity (Wildman–Crippen MR) is 100 cm³/mol. The number of hydrogen-bond acceptors (Lipinski definition) is 5. The zero-order chi connectivity index (χ0) is 19.2.